The van der Waals surface area contributed by atoms with Crippen molar-refractivity contribution in [2.24, 2.45) is 0 Å². The van der Waals surface area contributed by atoms with Gasteiger partial charge in [0.15, 0.2) is 5.69 Å². The highest BCUT2D eigenvalue weighted by molar-refractivity contribution is 5.92. The lowest BCUT2D eigenvalue weighted by Gasteiger charge is -2.15. The molecule has 0 aliphatic heterocycles. The molecule has 126 valence electrons. The van der Waals surface area contributed by atoms with E-state index in [1.54, 1.807) is 30.3 Å². The number of rotatable bonds is 6. The number of hydrogen-bond acceptors (Lipinski definition) is 4. The maximum atomic E-state index is 14.1. The quantitative estimate of drug-likeness (QED) is 0.825. The Morgan fingerprint density at radius 1 is 1.25 bits per heavy atom. The summed E-state index contributed by atoms with van der Waals surface area (Å²) in [5, 5.41) is 11.4. The Labute approximate surface area is 136 Å². The van der Waals surface area contributed by atoms with Gasteiger partial charge in [0, 0.05) is 12.6 Å². The second kappa shape index (κ2) is 6.34. The maximum Gasteiger partial charge on any atom is 0.423 e. The molecule has 9 heteroatoms. The molecule has 2 amide bonds. The Morgan fingerprint density at radius 3 is 2.62 bits per heavy atom. The lowest BCUT2D eigenvalue weighted by Crippen LogP contribution is -2.42. The molecular formula is C15H15F2N5O2. The van der Waals surface area contributed by atoms with E-state index in [4.69, 9.17) is 0 Å². The number of benzene rings is 1. The van der Waals surface area contributed by atoms with Crippen LogP contribution in [0.25, 0.3) is 0 Å². The molecule has 0 spiro atoms. The van der Waals surface area contributed by atoms with Gasteiger partial charge in [0.1, 0.15) is 0 Å². The van der Waals surface area contributed by atoms with Gasteiger partial charge in [-0.3, -0.25) is 9.59 Å². The molecule has 1 heterocycles. The molecule has 0 radical (unpaired) electrons. The number of amides is 2. The average molecular weight is 335 g/mol. The van der Waals surface area contributed by atoms with Crippen molar-refractivity contribution in [3.8, 4) is 0 Å². The minimum absolute atomic E-state index is 0.0427. The van der Waals surface area contributed by atoms with Crippen molar-refractivity contribution in [3.63, 3.8) is 0 Å². The smallest absolute Gasteiger partial charge is 0.348 e. The van der Waals surface area contributed by atoms with Crippen molar-refractivity contribution in [2.75, 3.05) is 0 Å². The van der Waals surface area contributed by atoms with E-state index in [0.29, 0.717) is 5.56 Å². The summed E-state index contributed by atoms with van der Waals surface area (Å²) in [4.78, 5) is 23.5. The summed E-state index contributed by atoms with van der Waals surface area (Å²) in [6.45, 7) is -0.0427. The lowest BCUT2D eigenvalue weighted by molar-refractivity contribution is -0.164. The lowest BCUT2D eigenvalue weighted by atomic mass is 10.2. The van der Waals surface area contributed by atoms with E-state index >= 15 is 0 Å². The number of alkyl halides is 2. The van der Waals surface area contributed by atoms with Gasteiger partial charge in [0.2, 0.25) is 0 Å². The Hall–Kier alpha value is -2.84. The Balaban J connectivity index is 1.64. The third-order valence-corrected chi connectivity index (χ3v) is 3.50. The summed E-state index contributed by atoms with van der Waals surface area (Å²) in [6, 6.07) is 4.78. The van der Waals surface area contributed by atoms with Gasteiger partial charge < -0.3 is 10.6 Å². The van der Waals surface area contributed by atoms with Crippen molar-refractivity contribution in [1.29, 1.82) is 0 Å². The van der Waals surface area contributed by atoms with E-state index in [1.807, 2.05) is 0 Å². The van der Waals surface area contributed by atoms with Crippen LogP contribution in [-0.4, -0.2) is 32.9 Å². The van der Waals surface area contributed by atoms with Gasteiger partial charge in [0.05, 0.1) is 6.20 Å². The van der Waals surface area contributed by atoms with Crippen molar-refractivity contribution in [3.05, 3.63) is 47.8 Å². The Kier molecular flexibility index (Phi) is 4.24. The normalized spacial score (nSPS) is 14.2. The summed E-state index contributed by atoms with van der Waals surface area (Å²) in [5.74, 6) is -2.10. The van der Waals surface area contributed by atoms with Gasteiger partial charge in [-0.2, -0.15) is 13.5 Å². The summed E-state index contributed by atoms with van der Waals surface area (Å²) >= 11 is 0. The van der Waals surface area contributed by atoms with Crippen LogP contribution in [0.4, 0.5) is 8.78 Å². The van der Waals surface area contributed by atoms with Crippen LogP contribution in [0.3, 0.4) is 0 Å². The monoisotopic (exact) mass is 335 g/mol. The highest BCUT2D eigenvalue weighted by Gasteiger charge is 2.43. The molecule has 1 aromatic carbocycles. The fourth-order valence-corrected chi connectivity index (χ4v) is 1.98. The number of aromatic nitrogens is 3. The summed E-state index contributed by atoms with van der Waals surface area (Å²) < 4.78 is 28.3. The zero-order valence-electron chi connectivity index (χ0n) is 12.6. The topological polar surface area (TPSA) is 88.9 Å². The molecule has 24 heavy (non-hydrogen) atoms. The van der Waals surface area contributed by atoms with E-state index in [1.165, 1.54) is 0 Å². The van der Waals surface area contributed by atoms with Crippen LogP contribution in [0.15, 0.2) is 36.5 Å². The van der Waals surface area contributed by atoms with Crippen LogP contribution in [0.5, 0.6) is 0 Å². The summed E-state index contributed by atoms with van der Waals surface area (Å²) in [7, 11) is 0. The third kappa shape index (κ3) is 3.55. The van der Waals surface area contributed by atoms with Crippen molar-refractivity contribution in [2.45, 2.75) is 31.5 Å². The molecule has 7 nitrogen and oxygen atoms in total. The molecule has 0 atom stereocenters. The van der Waals surface area contributed by atoms with E-state index in [2.05, 4.69) is 20.9 Å². The third-order valence-electron chi connectivity index (χ3n) is 3.50. The van der Waals surface area contributed by atoms with E-state index in [-0.39, 0.29) is 23.0 Å². The van der Waals surface area contributed by atoms with Crippen molar-refractivity contribution in [1.82, 2.24) is 25.6 Å². The molecule has 1 aromatic heterocycles. The molecule has 2 aromatic rings. The van der Waals surface area contributed by atoms with Crippen LogP contribution in [0.1, 0.15) is 28.9 Å². The SMILES string of the molecule is O=C(NC1CC1)c1cn(C(F)(F)C(=O)NCc2ccccc2)nn1. The van der Waals surface area contributed by atoms with E-state index in [9.17, 15) is 18.4 Å². The Bertz CT molecular complexity index is 743. The number of halogens is 2. The largest absolute Gasteiger partial charge is 0.423 e. The Morgan fingerprint density at radius 2 is 1.96 bits per heavy atom. The minimum Gasteiger partial charge on any atom is -0.348 e. The van der Waals surface area contributed by atoms with Gasteiger partial charge in [-0.1, -0.05) is 35.5 Å². The van der Waals surface area contributed by atoms with Crippen molar-refractivity contribution >= 4 is 11.8 Å². The molecule has 1 aliphatic carbocycles. The predicted molar refractivity (Wildman–Crippen MR) is 79.0 cm³/mol. The number of nitrogens with one attached hydrogen (secondary N) is 2. The summed E-state index contributed by atoms with van der Waals surface area (Å²) in [5.41, 5.74) is 0.433. The standard InChI is InChI=1S/C15H15F2N5O2/c16-15(17,14(24)18-8-10-4-2-1-3-5-10)22-9-12(20-21-22)13(23)19-11-6-7-11/h1-5,9,11H,6-8H2,(H,18,24)(H,19,23). The fourth-order valence-electron chi connectivity index (χ4n) is 1.98. The summed E-state index contributed by atoms with van der Waals surface area (Å²) in [6.07, 6.45) is 2.48. The number of carbonyl (C=O) groups is 2. The van der Waals surface area contributed by atoms with Crippen LogP contribution in [-0.2, 0) is 17.4 Å². The number of nitrogens with zero attached hydrogens (tertiary/aromatic N) is 3. The first kappa shape index (κ1) is 16.0. The average Bonchev–Trinajstić information content (AvgIpc) is 3.24. The van der Waals surface area contributed by atoms with Gasteiger partial charge in [-0.15, -0.1) is 5.10 Å². The molecule has 1 fully saturated rings. The fraction of sp³-hybridized carbons (Fsp3) is 0.333. The maximum absolute atomic E-state index is 14.1. The molecule has 0 saturated heterocycles. The molecule has 0 bridgehead atoms. The zero-order chi connectivity index (χ0) is 17.2. The molecule has 1 aliphatic rings. The van der Waals surface area contributed by atoms with Crippen molar-refractivity contribution < 1.29 is 18.4 Å². The first-order valence-electron chi connectivity index (χ1n) is 7.40. The molecule has 2 N–H and O–H groups in total. The van der Waals surface area contributed by atoms with Gasteiger partial charge in [-0.05, 0) is 18.4 Å². The first-order valence-corrected chi connectivity index (χ1v) is 7.40. The van der Waals surface area contributed by atoms with Gasteiger partial charge >= 0.3 is 12.0 Å². The minimum atomic E-state index is -3.94. The van der Waals surface area contributed by atoms with E-state index < -0.39 is 17.9 Å². The van der Waals surface area contributed by atoms with E-state index in [0.717, 1.165) is 19.0 Å². The zero-order valence-corrected chi connectivity index (χ0v) is 12.6. The molecule has 1 saturated carbocycles. The van der Waals surface area contributed by atoms with Crippen LogP contribution in [0, 0.1) is 0 Å². The first-order chi connectivity index (χ1) is 11.5. The highest BCUT2D eigenvalue weighted by atomic mass is 19.3. The molecule has 3 rings (SSSR count). The van der Waals surface area contributed by atoms with Crippen LogP contribution >= 0.6 is 0 Å². The van der Waals surface area contributed by atoms with Crippen LogP contribution in [0.2, 0.25) is 0 Å². The predicted octanol–water partition coefficient (Wildman–Crippen LogP) is 1.04. The van der Waals surface area contributed by atoms with Gasteiger partial charge in [-0.25, -0.2) is 0 Å². The van der Waals surface area contributed by atoms with Crippen LogP contribution < -0.4 is 10.6 Å². The van der Waals surface area contributed by atoms with Gasteiger partial charge in [0.25, 0.3) is 5.91 Å². The number of carbonyl (C=O) groups excluding carboxylic acids is 2. The number of hydrogen-bond donors (Lipinski definition) is 2. The second-order valence-electron chi connectivity index (χ2n) is 5.51. The second-order valence-corrected chi connectivity index (χ2v) is 5.51. The molecule has 0 unspecified atom stereocenters. The molecular weight excluding hydrogens is 320 g/mol. The highest BCUT2D eigenvalue weighted by Crippen LogP contribution is 2.21.